The lowest BCUT2D eigenvalue weighted by molar-refractivity contribution is -0.385. The Morgan fingerprint density at radius 2 is 1.89 bits per heavy atom. The average Bonchev–Trinajstić information content (AvgIpc) is 2.63. The highest BCUT2D eigenvalue weighted by Gasteiger charge is 2.32. The standard InChI is InChI=1S/C18H13F3N2O4/c19-18(20,21)15-9-14(10-16(11-15)23(25)26)7-4-8-22-17(24)27-12-13-5-2-1-3-6-13/h1-3,5-6,9-11H,8,12H2,(H,22,24). The van der Waals surface area contributed by atoms with Gasteiger partial charge in [0.2, 0.25) is 0 Å². The molecule has 27 heavy (non-hydrogen) atoms. The van der Waals surface area contributed by atoms with E-state index in [9.17, 15) is 28.1 Å². The molecule has 0 radical (unpaired) electrons. The molecular formula is C18H13F3N2O4. The minimum Gasteiger partial charge on any atom is -0.445 e. The molecule has 0 aliphatic carbocycles. The van der Waals surface area contributed by atoms with Crippen molar-refractivity contribution >= 4 is 11.8 Å². The SMILES string of the molecule is O=C(NCC#Cc1cc([N+](=O)[O-])cc(C(F)(F)F)c1)OCc1ccccc1. The number of carbonyl (C=O) groups is 1. The topological polar surface area (TPSA) is 81.5 Å². The van der Waals surface area contributed by atoms with Crippen molar-refractivity contribution in [2.45, 2.75) is 12.8 Å². The van der Waals surface area contributed by atoms with Crippen LogP contribution in [0.2, 0.25) is 0 Å². The number of ether oxygens (including phenoxy) is 1. The minimum atomic E-state index is -4.73. The Kier molecular flexibility index (Phi) is 6.38. The van der Waals surface area contributed by atoms with Gasteiger partial charge in [-0.05, 0) is 11.6 Å². The number of nitro benzene ring substituents is 1. The summed E-state index contributed by atoms with van der Waals surface area (Å²) >= 11 is 0. The van der Waals surface area contributed by atoms with Gasteiger partial charge in [0.25, 0.3) is 5.69 Å². The van der Waals surface area contributed by atoms with Gasteiger partial charge in [-0.2, -0.15) is 13.2 Å². The van der Waals surface area contributed by atoms with E-state index >= 15 is 0 Å². The number of benzene rings is 2. The van der Waals surface area contributed by atoms with Gasteiger partial charge >= 0.3 is 12.3 Å². The molecule has 0 heterocycles. The summed E-state index contributed by atoms with van der Waals surface area (Å²) in [6, 6.07) is 11.0. The third-order valence-corrected chi connectivity index (χ3v) is 3.22. The second-order valence-corrected chi connectivity index (χ2v) is 5.24. The molecule has 2 aromatic carbocycles. The fourth-order valence-electron chi connectivity index (χ4n) is 1.99. The normalized spacial score (nSPS) is 10.5. The van der Waals surface area contributed by atoms with Crippen molar-refractivity contribution in [2.75, 3.05) is 6.54 Å². The maximum atomic E-state index is 12.8. The van der Waals surface area contributed by atoms with Gasteiger partial charge in [0, 0.05) is 17.7 Å². The molecule has 0 bridgehead atoms. The number of nitrogens with zero attached hydrogens (tertiary/aromatic N) is 1. The molecule has 140 valence electrons. The first-order valence-corrected chi connectivity index (χ1v) is 7.56. The van der Waals surface area contributed by atoms with E-state index in [0.717, 1.165) is 11.6 Å². The maximum Gasteiger partial charge on any atom is 0.416 e. The first kappa shape index (κ1) is 19.8. The number of hydrogen-bond acceptors (Lipinski definition) is 4. The molecule has 9 heteroatoms. The molecule has 0 saturated carbocycles. The minimum absolute atomic E-state index is 0.0555. The van der Waals surface area contributed by atoms with Crippen molar-refractivity contribution in [1.82, 2.24) is 5.32 Å². The number of rotatable bonds is 4. The Morgan fingerprint density at radius 3 is 2.52 bits per heavy atom. The smallest absolute Gasteiger partial charge is 0.416 e. The zero-order valence-corrected chi connectivity index (χ0v) is 13.7. The fourth-order valence-corrected chi connectivity index (χ4v) is 1.99. The molecule has 0 aliphatic heterocycles. The quantitative estimate of drug-likeness (QED) is 0.497. The summed E-state index contributed by atoms with van der Waals surface area (Å²) in [5, 5.41) is 13.1. The first-order chi connectivity index (χ1) is 12.8. The highest BCUT2D eigenvalue weighted by Crippen LogP contribution is 2.32. The predicted molar refractivity (Wildman–Crippen MR) is 89.6 cm³/mol. The largest absolute Gasteiger partial charge is 0.445 e. The van der Waals surface area contributed by atoms with Gasteiger partial charge < -0.3 is 10.1 Å². The molecule has 1 N–H and O–H groups in total. The van der Waals surface area contributed by atoms with Crippen LogP contribution in [0.15, 0.2) is 48.5 Å². The van der Waals surface area contributed by atoms with Crippen molar-refractivity contribution in [1.29, 1.82) is 0 Å². The Hall–Kier alpha value is -3.54. The van der Waals surface area contributed by atoms with Crippen LogP contribution in [0.3, 0.4) is 0 Å². The predicted octanol–water partition coefficient (Wildman–Crippen LogP) is 3.89. The molecule has 0 fully saturated rings. The van der Waals surface area contributed by atoms with Crippen molar-refractivity contribution < 1.29 is 27.6 Å². The van der Waals surface area contributed by atoms with Gasteiger partial charge in [-0.25, -0.2) is 4.79 Å². The summed E-state index contributed by atoms with van der Waals surface area (Å²) in [5.74, 6) is 4.78. The zero-order chi connectivity index (χ0) is 19.9. The van der Waals surface area contributed by atoms with E-state index < -0.39 is 28.4 Å². The number of alkyl carbamates (subject to hydrolysis) is 1. The molecule has 0 spiro atoms. The molecule has 0 saturated heterocycles. The third-order valence-electron chi connectivity index (χ3n) is 3.22. The van der Waals surface area contributed by atoms with Crippen LogP contribution >= 0.6 is 0 Å². The van der Waals surface area contributed by atoms with Gasteiger partial charge in [-0.3, -0.25) is 10.1 Å². The second kappa shape index (κ2) is 8.71. The van der Waals surface area contributed by atoms with Crippen LogP contribution in [0.25, 0.3) is 0 Å². The van der Waals surface area contributed by atoms with Crippen LogP contribution in [0.4, 0.5) is 23.7 Å². The zero-order valence-electron chi connectivity index (χ0n) is 13.7. The van der Waals surface area contributed by atoms with E-state index in [4.69, 9.17) is 4.74 Å². The third kappa shape index (κ3) is 6.36. The lowest BCUT2D eigenvalue weighted by Gasteiger charge is -2.06. The number of hydrogen-bond donors (Lipinski definition) is 1. The summed E-state index contributed by atoms with van der Waals surface area (Å²) in [6.07, 6.45) is -5.48. The Balaban J connectivity index is 1.95. The van der Waals surface area contributed by atoms with E-state index in [0.29, 0.717) is 12.1 Å². The lowest BCUT2D eigenvalue weighted by atomic mass is 10.1. The molecule has 0 unspecified atom stereocenters. The average molecular weight is 378 g/mol. The number of alkyl halides is 3. The summed E-state index contributed by atoms with van der Waals surface area (Å²) in [5.41, 5.74) is -1.29. The molecule has 2 aromatic rings. The summed E-state index contributed by atoms with van der Waals surface area (Å²) in [4.78, 5) is 21.3. The molecule has 1 amide bonds. The van der Waals surface area contributed by atoms with Crippen molar-refractivity contribution in [2.24, 2.45) is 0 Å². The van der Waals surface area contributed by atoms with E-state index in [1.807, 2.05) is 6.07 Å². The molecule has 6 nitrogen and oxygen atoms in total. The highest BCUT2D eigenvalue weighted by molar-refractivity contribution is 5.67. The van der Waals surface area contributed by atoms with Crippen molar-refractivity contribution in [3.8, 4) is 11.8 Å². The number of amides is 1. The number of carbonyl (C=O) groups excluding carboxylic acids is 1. The van der Waals surface area contributed by atoms with Gasteiger partial charge in [0.05, 0.1) is 17.0 Å². The van der Waals surface area contributed by atoms with Crippen LogP contribution in [0.5, 0.6) is 0 Å². The fraction of sp³-hybridized carbons (Fsp3) is 0.167. The maximum absolute atomic E-state index is 12.8. The van der Waals surface area contributed by atoms with Gasteiger partial charge in [0.1, 0.15) is 6.61 Å². The number of non-ortho nitro benzene ring substituents is 1. The monoisotopic (exact) mass is 378 g/mol. The van der Waals surface area contributed by atoms with Gasteiger partial charge in [-0.1, -0.05) is 42.2 Å². The second-order valence-electron chi connectivity index (χ2n) is 5.24. The van der Waals surface area contributed by atoms with Crippen LogP contribution in [0, 0.1) is 22.0 Å². The van der Waals surface area contributed by atoms with Crippen molar-refractivity contribution in [3.05, 3.63) is 75.3 Å². The van der Waals surface area contributed by atoms with E-state index in [1.165, 1.54) is 0 Å². The molecule has 0 aromatic heterocycles. The van der Waals surface area contributed by atoms with Gasteiger partial charge in [-0.15, -0.1) is 0 Å². The number of nitro groups is 1. The summed E-state index contributed by atoms with van der Waals surface area (Å²) in [6.45, 7) is -0.141. The summed E-state index contributed by atoms with van der Waals surface area (Å²) in [7, 11) is 0. The first-order valence-electron chi connectivity index (χ1n) is 7.56. The van der Waals surface area contributed by atoms with E-state index in [2.05, 4.69) is 17.2 Å². The van der Waals surface area contributed by atoms with Crippen LogP contribution in [-0.4, -0.2) is 17.6 Å². The van der Waals surface area contributed by atoms with Crippen LogP contribution in [-0.2, 0) is 17.5 Å². The molecule has 2 rings (SSSR count). The molecule has 0 aliphatic rings. The number of halogens is 3. The summed E-state index contributed by atoms with van der Waals surface area (Å²) < 4.78 is 43.3. The lowest BCUT2D eigenvalue weighted by Crippen LogP contribution is -2.24. The molecular weight excluding hydrogens is 365 g/mol. The van der Waals surface area contributed by atoms with Crippen molar-refractivity contribution in [3.63, 3.8) is 0 Å². The highest BCUT2D eigenvalue weighted by atomic mass is 19.4. The van der Waals surface area contributed by atoms with Crippen LogP contribution < -0.4 is 5.32 Å². The van der Waals surface area contributed by atoms with Gasteiger partial charge in [0.15, 0.2) is 0 Å². The molecule has 0 atom stereocenters. The number of nitrogens with one attached hydrogen (secondary N) is 1. The van der Waals surface area contributed by atoms with E-state index in [1.54, 1.807) is 24.3 Å². The van der Waals surface area contributed by atoms with E-state index in [-0.39, 0.29) is 18.7 Å². The Morgan fingerprint density at radius 1 is 1.19 bits per heavy atom. The Labute approximate surface area is 152 Å². The Bertz CT molecular complexity index is 887. The van der Waals surface area contributed by atoms with Crippen LogP contribution in [0.1, 0.15) is 16.7 Å².